The molecule has 0 bridgehead atoms. The number of hydrogen-bond acceptors (Lipinski definition) is 5. The molecule has 0 atom stereocenters. The van der Waals surface area contributed by atoms with Gasteiger partial charge in [-0.2, -0.15) is 13.2 Å². The van der Waals surface area contributed by atoms with Crippen molar-refractivity contribution in [3.05, 3.63) is 10.9 Å². The van der Waals surface area contributed by atoms with Gasteiger partial charge in [-0.05, 0) is 19.4 Å². The Morgan fingerprint density at radius 2 is 2.21 bits per heavy atom. The van der Waals surface area contributed by atoms with E-state index in [4.69, 9.17) is 10.5 Å². The highest BCUT2D eigenvalue weighted by molar-refractivity contribution is 7.18. The van der Waals surface area contributed by atoms with E-state index < -0.39 is 18.6 Å². The largest absolute Gasteiger partial charge is 0.462 e. The van der Waals surface area contributed by atoms with Crippen molar-refractivity contribution in [1.82, 2.24) is 0 Å². The number of rotatable bonds is 6. The fourth-order valence-electron chi connectivity index (χ4n) is 1.35. The number of alkyl halides is 3. The van der Waals surface area contributed by atoms with E-state index in [0.29, 0.717) is 5.00 Å². The summed E-state index contributed by atoms with van der Waals surface area (Å²) in [5, 5.41) is 3.36. The second-order valence-electron chi connectivity index (χ2n) is 3.76. The van der Waals surface area contributed by atoms with Gasteiger partial charge in [0, 0.05) is 13.0 Å². The van der Waals surface area contributed by atoms with Crippen LogP contribution >= 0.6 is 11.3 Å². The molecule has 8 heteroatoms. The minimum atomic E-state index is -4.15. The molecular formula is C11H15F3N2O2S. The van der Waals surface area contributed by atoms with Crippen LogP contribution in [0.4, 0.5) is 23.9 Å². The number of nitrogens with one attached hydrogen (secondary N) is 1. The average molecular weight is 296 g/mol. The summed E-state index contributed by atoms with van der Waals surface area (Å²) in [5.41, 5.74) is 5.90. The monoisotopic (exact) mass is 296 g/mol. The van der Waals surface area contributed by atoms with E-state index in [9.17, 15) is 18.0 Å². The number of anilines is 2. The number of hydrogen-bond donors (Lipinski definition) is 2. The molecule has 1 aromatic rings. The van der Waals surface area contributed by atoms with Crippen LogP contribution in [0.5, 0.6) is 0 Å². The van der Waals surface area contributed by atoms with Gasteiger partial charge in [0.15, 0.2) is 0 Å². The highest BCUT2D eigenvalue weighted by atomic mass is 32.1. The van der Waals surface area contributed by atoms with Crippen LogP contribution in [0, 0.1) is 0 Å². The summed E-state index contributed by atoms with van der Waals surface area (Å²) >= 11 is 1.07. The minimum Gasteiger partial charge on any atom is -0.462 e. The maximum Gasteiger partial charge on any atom is 0.389 e. The molecule has 0 saturated carbocycles. The molecule has 3 N–H and O–H groups in total. The Labute approximate surface area is 112 Å². The van der Waals surface area contributed by atoms with Gasteiger partial charge in [-0.3, -0.25) is 0 Å². The lowest BCUT2D eigenvalue weighted by Gasteiger charge is -2.06. The highest BCUT2D eigenvalue weighted by Gasteiger charge is 2.25. The van der Waals surface area contributed by atoms with E-state index in [1.807, 2.05) is 0 Å². The van der Waals surface area contributed by atoms with Crippen LogP contribution in [-0.2, 0) is 4.74 Å². The van der Waals surface area contributed by atoms with Crippen LogP contribution in [0.3, 0.4) is 0 Å². The van der Waals surface area contributed by atoms with Gasteiger partial charge < -0.3 is 15.8 Å². The molecule has 0 aromatic carbocycles. The maximum absolute atomic E-state index is 11.9. The Kier molecular flexibility index (Phi) is 5.46. The van der Waals surface area contributed by atoms with E-state index in [1.165, 1.54) is 6.07 Å². The van der Waals surface area contributed by atoms with Crippen LogP contribution in [0.2, 0.25) is 0 Å². The van der Waals surface area contributed by atoms with Gasteiger partial charge in [-0.25, -0.2) is 4.79 Å². The van der Waals surface area contributed by atoms with Crippen molar-refractivity contribution in [2.75, 3.05) is 24.2 Å². The third-order valence-electron chi connectivity index (χ3n) is 2.16. The van der Waals surface area contributed by atoms with E-state index in [-0.39, 0.29) is 30.1 Å². The number of ether oxygens (including phenoxy) is 1. The van der Waals surface area contributed by atoms with Crippen molar-refractivity contribution in [1.29, 1.82) is 0 Å². The predicted molar refractivity (Wildman–Crippen MR) is 68.5 cm³/mol. The Morgan fingerprint density at radius 1 is 1.53 bits per heavy atom. The standard InChI is InChI=1S/C11H15F3N2O2S/c1-2-18-10(17)9-7(15)6-8(19-9)16-5-3-4-11(12,13)14/h6,16H,2-5,15H2,1H3. The number of esters is 1. The number of thiophene rings is 1. The van der Waals surface area contributed by atoms with Crippen molar-refractivity contribution in [3.63, 3.8) is 0 Å². The number of nitrogen functional groups attached to an aromatic ring is 1. The summed E-state index contributed by atoms with van der Waals surface area (Å²) in [6, 6.07) is 1.52. The second kappa shape index (κ2) is 6.65. The molecule has 1 rings (SSSR count). The number of carbonyl (C=O) groups excluding carboxylic acids is 1. The van der Waals surface area contributed by atoms with E-state index in [2.05, 4.69) is 5.32 Å². The molecule has 1 heterocycles. The SMILES string of the molecule is CCOC(=O)c1sc(NCCCC(F)(F)F)cc1N. The normalized spacial score (nSPS) is 11.4. The summed E-state index contributed by atoms with van der Waals surface area (Å²) in [7, 11) is 0. The minimum absolute atomic E-state index is 0.0317. The first kappa shape index (κ1) is 15.6. The van der Waals surface area contributed by atoms with E-state index >= 15 is 0 Å². The topological polar surface area (TPSA) is 64.3 Å². The smallest absolute Gasteiger partial charge is 0.389 e. The molecule has 0 aliphatic rings. The Morgan fingerprint density at radius 3 is 2.79 bits per heavy atom. The van der Waals surface area contributed by atoms with Crippen molar-refractivity contribution in [3.8, 4) is 0 Å². The second-order valence-corrected chi connectivity index (χ2v) is 4.81. The van der Waals surface area contributed by atoms with Crippen LogP contribution in [0.15, 0.2) is 6.07 Å². The van der Waals surface area contributed by atoms with Crippen LogP contribution in [0.1, 0.15) is 29.4 Å². The zero-order valence-corrected chi connectivity index (χ0v) is 11.2. The summed E-state index contributed by atoms with van der Waals surface area (Å²) in [6.45, 7) is 2.09. The zero-order chi connectivity index (χ0) is 14.5. The fraction of sp³-hybridized carbons (Fsp3) is 0.545. The molecule has 0 aliphatic heterocycles. The molecule has 4 nitrogen and oxygen atoms in total. The van der Waals surface area contributed by atoms with Gasteiger partial charge in [-0.15, -0.1) is 11.3 Å². The van der Waals surface area contributed by atoms with Crippen molar-refractivity contribution in [2.24, 2.45) is 0 Å². The Hall–Kier alpha value is -1.44. The van der Waals surface area contributed by atoms with E-state index in [1.54, 1.807) is 6.92 Å². The summed E-state index contributed by atoms with van der Waals surface area (Å²) in [4.78, 5) is 11.7. The Bertz CT molecular complexity index is 432. The molecule has 0 radical (unpaired) electrons. The first-order valence-corrected chi connectivity index (χ1v) is 6.52. The molecule has 1 aromatic heterocycles. The molecule has 108 valence electrons. The zero-order valence-electron chi connectivity index (χ0n) is 10.3. The molecule has 0 spiro atoms. The third-order valence-corrected chi connectivity index (χ3v) is 3.25. The number of halogens is 3. The van der Waals surface area contributed by atoms with Crippen molar-refractivity contribution >= 4 is 28.0 Å². The third kappa shape index (κ3) is 5.37. The average Bonchev–Trinajstić information content (AvgIpc) is 2.65. The maximum atomic E-state index is 11.9. The quantitative estimate of drug-likeness (QED) is 0.624. The lowest BCUT2D eigenvalue weighted by atomic mass is 10.3. The van der Waals surface area contributed by atoms with E-state index in [0.717, 1.165) is 11.3 Å². The van der Waals surface area contributed by atoms with Gasteiger partial charge in [0.1, 0.15) is 4.88 Å². The molecule has 0 amide bonds. The van der Waals surface area contributed by atoms with Crippen LogP contribution < -0.4 is 11.1 Å². The van der Waals surface area contributed by atoms with Crippen LogP contribution in [0.25, 0.3) is 0 Å². The van der Waals surface area contributed by atoms with Crippen LogP contribution in [-0.4, -0.2) is 25.3 Å². The van der Waals surface area contributed by atoms with Gasteiger partial charge in [0.25, 0.3) is 0 Å². The first-order valence-electron chi connectivity index (χ1n) is 5.70. The number of nitrogens with two attached hydrogens (primary N) is 1. The lowest BCUT2D eigenvalue weighted by molar-refractivity contribution is -0.134. The van der Waals surface area contributed by atoms with Crippen molar-refractivity contribution in [2.45, 2.75) is 25.9 Å². The molecule has 19 heavy (non-hydrogen) atoms. The molecular weight excluding hydrogens is 281 g/mol. The van der Waals surface area contributed by atoms with Crippen molar-refractivity contribution < 1.29 is 22.7 Å². The summed E-state index contributed by atoms with van der Waals surface area (Å²) in [5.74, 6) is -0.520. The molecule has 0 saturated heterocycles. The first-order chi connectivity index (χ1) is 8.83. The Balaban J connectivity index is 2.48. The van der Waals surface area contributed by atoms with Gasteiger partial charge in [0.05, 0.1) is 17.3 Å². The van der Waals surface area contributed by atoms with Gasteiger partial charge in [-0.1, -0.05) is 0 Å². The number of carbonyl (C=O) groups is 1. The predicted octanol–water partition coefficient (Wildman–Crippen LogP) is 3.26. The van der Waals surface area contributed by atoms with Gasteiger partial charge in [0.2, 0.25) is 0 Å². The molecule has 0 fully saturated rings. The fourth-order valence-corrected chi connectivity index (χ4v) is 2.25. The lowest BCUT2D eigenvalue weighted by Crippen LogP contribution is -2.10. The van der Waals surface area contributed by atoms with Gasteiger partial charge >= 0.3 is 12.1 Å². The summed E-state index contributed by atoms with van der Waals surface area (Å²) < 4.78 is 40.6. The molecule has 0 unspecified atom stereocenters. The molecule has 0 aliphatic carbocycles. The summed E-state index contributed by atoms with van der Waals surface area (Å²) in [6.07, 6.45) is -5.02. The highest BCUT2D eigenvalue weighted by Crippen LogP contribution is 2.30.